The van der Waals surface area contributed by atoms with Crippen LogP contribution in [0.15, 0.2) is 92.1 Å². The third-order valence-electron chi connectivity index (χ3n) is 6.10. The van der Waals surface area contributed by atoms with Gasteiger partial charge in [0.2, 0.25) is 0 Å². The van der Waals surface area contributed by atoms with E-state index < -0.39 is 43.2 Å². The summed E-state index contributed by atoms with van der Waals surface area (Å²) < 4.78 is 81.7. The van der Waals surface area contributed by atoms with Crippen molar-refractivity contribution in [3.8, 4) is 5.75 Å². The number of anilines is 1. The minimum Gasteiger partial charge on any atom is -0.505 e. The van der Waals surface area contributed by atoms with E-state index in [2.05, 4.69) is 24.6 Å². The first-order valence-corrected chi connectivity index (χ1v) is 17.0. The summed E-state index contributed by atoms with van der Waals surface area (Å²) in [6.45, 7) is 5.30. The molecule has 246 valence electrons. The lowest BCUT2D eigenvalue weighted by Crippen LogP contribution is -2.15. The Hall–Kier alpha value is -4.62. The van der Waals surface area contributed by atoms with Crippen LogP contribution in [0.2, 0.25) is 0 Å². The number of aryl methyl sites for hydroxylation is 2. The molecule has 0 aromatic heterocycles. The number of nitrogens with zero attached hydrogens (tertiary/aromatic N) is 4. The second kappa shape index (κ2) is 16.6. The first-order valence-electron chi connectivity index (χ1n) is 13.0. The van der Waals surface area contributed by atoms with Gasteiger partial charge in [0.25, 0.3) is 0 Å². The summed E-state index contributed by atoms with van der Waals surface area (Å²) in [5.74, 6) is -0.499. The Balaban J connectivity index is 0.000000292. The van der Waals surface area contributed by atoms with Crippen LogP contribution in [0.3, 0.4) is 0 Å². The quantitative estimate of drug-likeness (QED) is 0.119. The molecule has 0 amide bonds. The molecule has 4 aromatic rings. The smallest absolute Gasteiger partial charge is 0.425 e. The fourth-order valence-corrected chi connectivity index (χ4v) is 5.31. The van der Waals surface area contributed by atoms with Crippen molar-refractivity contribution in [3.63, 3.8) is 0 Å². The second-order valence-electron chi connectivity index (χ2n) is 9.37. The SMILES string of the molecule is CN=Nc1ccc(S(=O)(=O)CCOS(=O)(=O)O)cc1.Cc1cccc(N=Nc2ccc3cc(C)c(C)c(N)c3c2O)c1.O=S(=O)=O. The maximum absolute atomic E-state index is 11.8. The molecule has 0 aliphatic rings. The summed E-state index contributed by atoms with van der Waals surface area (Å²) >= 11 is 0. The van der Waals surface area contributed by atoms with Crippen molar-refractivity contribution < 1.29 is 43.3 Å². The Morgan fingerprint density at radius 3 is 2.04 bits per heavy atom. The van der Waals surface area contributed by atoms with Gasteiger partial charge in [-0.3, -0.25) is 4.55 Å². The van der Waals surface area contributed by atoms with Gasteiger partial charge in [-0.15, -0.1) is 17.7 Å². The summed E-state index contributed by atoms with van der Waals surface area (Å²) in [5, 5.41) is 27.7. The average Bonchev–Trinajstić information content (AvgIpc) is 2.95. The maximum atomic E-state index is 11.8. The average molecular weight is 694 g/mol. The number of rotatable bonds is 8. The number of benzene rings is 4. The fourth-order valence-electron chi connectivity index (χ4n) is 3.83. The number of fused-ring (bicyclic) bond motifs is 1. The number of hydrogen-bond donors (Lipinski definition) is 3. The Bertz CT molecular complexity index is 2080. The van der Waals surface area contributed by atoms with Crippen LogP contribution < -0.4 is 5.73 Å². The van der Waals surface area contributed by atoms with Crippen molar-refractivity contribution >= 4 is 64.4 Å². The van der Waals surface area contributed by atoms with E-state index >= 15 is 0 Å². The van der Waals surface area contributed by atoms with Crippen LogP contribution in [-0.2, 0) is 35.0 Å². The fraction of sp³-hybridized carbons (Fsp3) is 0.214. The monoisotopic (exact) mass is 693 g/mol. The van der Waals surface area contributed by atoms with Crippen LogP contribution >= 0.6 is 0 Å². The number of phenols is 1. The molecule has 18 heteroatoms. The van der Waals surface area contributed by atoms with E-state index in [9.17, 15) is 21.9 Å². The summed E-state index contributed by atoms with van der Waals surface area (Å²) in [5.41, 5.74) is 11.6. The van der Waals surface area contributed by atoms with Crippen molar-refractivity contribution in [2.24, 2.45) is 20.5 Å². The molecule has 0 saturated heterocycles. The van der Waals surface area contributed by atoms with Gasteiger partial charge in [-0.2, -0.15) is 23.8 Å². The lowest BCUT2D eigenvalue weighted by atomic mass is 9.99. The second-order valence-corrected chi connectivity index (χ2v) is 13.0. The number of aromatic hydroxyl groups is 1. The van der Waals surface area contributed by atoms with Gasteiger partial charge < -0.3 is 10.8 Å². The summed E-state index contributed by atoms with van der Waals surface area (Å²) in [6.07, 6.45) is 0. The topological polar surface area (TPSA) is 245 Å². The highest BCUT2D eigenvalue weighted by atomic mass is 32.3. The van der Waals surface area contributed by atoms with Crippen molar-refractivity contribution in [2.75, 3.05) is 25.1 Å². The van der Waals surface area contributed by atoms with Gasteiger partial charge in [0.15, 0.2) is 15.6 Å². The first kappa shape index (κ1) is 37.6. The van der Waals surface area contributed by atoms with Gasteiger partial charge in [-0.05, 0) is 85.3 Å². The summed E-state index contributed by atoms with van der Waals surface area (Å²) in [7, 11) is -9.95. The van der Waals surface area contributed by atoms with Crippen molar-refractivity contribution in [1.82, 2.24) is 0 Å². The van der Waals surface area contributed by atoms with Gasteiger partial charge in [0, 0.05) is 18.1 Å². The molecule has 4 rings (SSSR count). The summed E-state index contributed by atoms with van der Waals surface area (Å²) in [4.78, 5) is 0.00138. The predicted molar refractivity (Wildman–Crippen MR) is 171 cm³/mol. The van der Waals surface area contributed by atoms with E-state index in [1.165, 1.54) is 31.3 Å². The normalized spacial score (nSPS) is 11.6. The molecule has 0 aliphatic carbocycles. The number of nitrogens with two attached hydrogens (primary N) is 1. The third kappa shape index (κ3) is 11.7. The zero-order chi connectivity index (χ0) is 34.7. The van der Waals surface area contributed by atoms with Crippen LogP contribution in [0.5, 0.6) is 5.75 Å². The van der Waals surface area contributed by atoms with Gasteiger partial charge in [-0.25, -0.2) is 12.6 Å². The maximum Gasteiger partial charge on any atom is 0.425 e. The van der Waals surface area contributed by atoms with Crippen LogP contribution in [-0.4, -0.2) is 58.5 Å². The molecule has 0 unspecified atom stereocenters. The molecule has 15 nitrogen and oxygen atoms in total. The van der Waals surface area contributed by atoms with Crippen molar-refractivity contribution in [2.45, 2.75) is 25.7 Å². The molecule has 0 atom stereocenters. The van der Waals surface area contributed by atoms with Crippen LogP contribution in [0.1, 0.15) is 16.7 Å². The van der Waals surface area contributed by atoms with E-state index in [4.69, 9.17) is 22.9 Å². The number of sulfone groups is 1. The largest absolute Gasteiger partial charge is 0.505 e. The minimum absolute atomic E-state index is 0.00138. The Morgan fingerprint density at radius 2 is 1.48 bits per heavy atom. The van der Waals surface area contributed by atoms with E-state index in [-0.39, 0.29) is 10.6 Å². The first-order chi connectivity index (χ1) is 21.4. The van der Waals surface area contributed by atoms with E-state index in [1.807, 2.05) is 57.2 Å². The molecular formula is C28H31N5O10S3. The molecule has 4 N–H and O–H groups in total. The number of phenolic OH excluding ortho intramolecular Hbond substituents is 1. The Kier molecular flexibility index (Phi) is 13.6. The summed E-state index contributed by atoms with van der Waals surface area (Å²) in [6, 6.07) is 19.0. The lowest BCUT2D eigenvalue weighted by Gasteiger charge is -2.11. The molecule has 0 saturated carbocycles. The van der Waals surface area contributed by atoms with E-state index in [1.54, 1.807) is 6.07 Å². The molecular weight excluding hydrogens is 663 g/mol. The van der Waals surface area contributed by atoms with E-state index in [0.29, 0.717) is 22.4 Å². The van der Waals surface area contributed by atoms with Crippen molar-refractivity contribution in [3.05, 3.63) is 83.4 Å². The lowest BCUT2D eigenvalue weighted by molar-refractivity contribution is 0.284. The van der Waals surface area contributed by atoms with Crippen LogP contribution in [0, 0.1) is 20.8 Å². The molecule has 4 aromatic carbocycles. The standard InChI is InChI=1S/C19H19N3O.C9H12N2O6S2.O3S/c1-11-5-4-6-15(9-11)21-22-16-8-7-14-10-12(2)13(3)18(20)17(14)19(16)23;1-10-11-8-2-4-9(5-3-8)18(12,13)7-6-17-19(14,15)16;1-4(2)3/h4-10,23H,20H2,1-3H3;2-5H,6-7H2,1H3,(H,14,15,16);. The number of hydrogen-bond acceptors (Lipinski definition) is 14. The zero-order valence-electron chi connectivity index (χ0n) is 25.0. The van der Waals surface area contributed by atoms with Crippen LogP contribution in [0.25, 0.3) is 10.8 Å². The Morgan fingerprint density at radius 1 is 0.848 bits per heavy atom. The highest BCUT2D eigenvalue weighted by Crippen LogP contribution is 2.40. The number of azo groups is 2. The van der Waals surface area contributed by atoms with Crippen LogP contribution in [0.4, 0.5) is 22.7 Å². The predicted octanol–water partition coefficient (Wildman–Crippen LogP) is 5.46. The molecule has 0 bridgehead atoms. The van der Waals surface area contributed by atoms with Crippen molar-refractivity contribution in [1.29, 1.82) is 0 Å². The molecule has 0 radical (unpaired) electrons. The highest BCUT2D eigenvalue weighted by Gasteiger charge is 2.16. The molecule has 0 spiro atoms. The number of nitrogen functional groups attached to an aromatic ring is 1. The molecule has 0 heterocycles. The molecule has 0 aliphatic heterocycles. The van der Waals surface area contributed by atoms with Gasteiger partial charge >= 0.3 is 21.0 Å². The molecule has 0 fully saturated rings. The van der Waals surface area contributed by atoms with Gasteiger partial charge in [-0.1, -0.05) is 24.3 Å². The molecule has 46 heavy (non-hydrogen) atoms. The Labute approximate surface area is 267 Å². The minimum atomic E-state index is -4.63. The highest BCUT2D eigenvalue weighted by molar-refractivity contribution is 7.91. The van der Waals surface area contributed by atoms with E-state index in [0.717, 1.165) is 27.8 Å². The third-order valence-corrected chi connectivity index (χ3v) is 8.26. The zero-order valence-corrected chi connectivity index (χ0v) is 27.5. The van der Waals surface area contributed by atoms with Gasteiger partial charge in [0.1, 0.15) is 5.69 Å². The van der Waals surface area contributed by atoms with Gasteiger partial charge in [0.05, 0.1) is 28.6 Å².